The molecule has 0 heterocycles. The Morgan fingerprint density at radius 1 is 1.11 bits per heavy atom. The predicted octanol–water partition coefficient (Wildman–Crippen LogP) is 4.30. The molecule has 4 heteroatoms. The van der Waals surface area contributed by atoms with Gasteiger partial charge in [-0.05, 0) is 71.0 Å². The second kappa shape index (κ2) is 5.77. The Labute approximate surface area is 123 Å². The lowest BCUT2D eigenvalue weighted by atomic mass is 9.99. The fourth-order valence-corrected chi connectivity index (χ4v) is 2.62. The molecular formula is C15H11F2IO. The quantitative estimate of drug-likeness (QED) is 0.580. The van der Waals surface area contributed by atoms with E-state index in [4.69, 9.17) is 0 Å². The number of benzene rings is 2. The molecule has 0 saturated heterocycles. The van der Waals surface area contributed by atoms with E-state index in [2.05, 4.69) is 0 Å². The molecular weight excluding hydrogens is 361 g/mol. The van der Waals surface area contributed by atoms with Crippen LogP contribution in [0.3, 0.4) is 0 Å². The largest absolute Gasteiger partial charge is 0.294 e. The van der Waals surface area contributed by atoms with E-state index in [1.807, 2.05) is 22.6 Å². The number of ketones is 1. The van der Waals surface area contributed by atoms with Crippen molar-refractivity contribution in [3.8, 4) is 0 Å². The van der Waals surface area contributed by atoms with Gasteiger partial charge in [0, 0.05) is 15.6 Å². The Kier molecular flexibility index (Phi) is 4.29. The van der Waals surface area contributed by atoms with Crippen molar-refractivity contribution in [3.05, 3.63) is 68.3 Å². The second-order valence-electron chi connectivity index (χ2n) is 4.29. The molecule has 0 spiro atoms. The fourth-order valence-electron chi connectivity index (χ4n) is 1.84. The Hall–Kier alpha value is -1.30. The molecule has 0 aliphatic heterocycles. The lowest BCUT2D eigenvalue weighted by Gasteiger charge is -2.07. The van der Waals surface area contributed by atoms with Gasteiger partial charge in [-0.2, -0.15) is 0 Å². The third-order valence-electron chi connectivity index (χ3n) is 2.89. The van der Waals surface area contributed by atoms with Gasteiger partial charge in [0.15, 0.2) is 5.78 Å². The molecule has 0 aliphatic carbocycles. The van der Waals surface area contributed by atoms with Gasteiger partial charge in [0.25, 0.3) is 0 Å². The van der Waals surface area contributed by atoms with Crippen LogP contribution in [0.15, 0.2) is 36.4 Å². The van der Waals surface area contributed by atoms with Gasteiger partial charge in [0.05, 0.1) is 0 Å². The highest BCUT2D eigenvalue weighted by molar-refractivity contribution is 14.1. The van der Waals surface area contributed by atoms with E-state index >= 15 is 0 Å². The first kappa shape index (κ1) is 14.1. The zero-order valence-electron chi connectivity index (χ0n) is 10.2. The summed E-state index contributed by atoms with van der Waals surface area (Å²) >= 11 is 1.94. The first-order valence-electron chi connectivity index (χ1n) is 5.70. The summed E-state index contributed by atoms with van der Waals surface area (Å²) in [4.78, 5) is 12.2. The lowest BCUT2D eigenvalue weighted by molar-refractivity contribution is 0.0992. The number of halogens is 3. The molecule has 0 saturated carbocycles. The predicted molar refractivity (Wildman–Crippen MR) is 78.3 cm³/mol. The highest BCUT2D eigenvalue weighted by atomic mass is 127. The summed E-state index contributed by atoms with van der Waals surface area (Å²) in [6, 6.07) is 8.43. The Morgan fingerprint density at radius 2 is 1.74 bits per heavy atom. The average molecular weight is 372 g/mol. The Morgan fingerprint density at radius 3 is 2.37 bits per heavy atom. The number of carbonyl (C=O) groups is 1. The summed E-state index contributed by atoms with van der Waals surface area (Å²) < 4.78 is 26.6. The number of aryl methyl sites for hydroxylation is 1. The summed E-state index contributed by atoms with van der Waals surface area (Å²) in [5, 5.41) is 0. The van der Waals surface area contributed by atoms with Gasteiger partial charge in [0.2, 0.25) is 0 Å². The third-order valence-corrected chi connectivity index (χ3v) is 3.78. The summed E-state index contributed by atoms with van der Waals surface area (Å²) in [6.07, 6.45) is 0.188. The van der Waals surface area contributed by atoms with Crippen LogP contribution in [0.2, 0.25) is 0 Å². The van der Waals surface area contributed by atoms with Crippen LogP contribution in [0, 0.1) is 22.1 Å². The summed E-state index contributed by atoms with van der Waals surface area (Å²) in [7, 11) is 0. The minimum absolute atomic E-state index is 0.0980. The molecule has 2 rings (SSSR count). The molecule has 2 aromatic rings. The number of hydrogen-bond acceptors (Lipinski definition) is 1. The number of Topliss-reactive ketones (excluding diaryl/α,β-unsaturated/α-hetero) is 1. The first-order valence-corrected chi connectivity index (χ1v) is 6.78. The van der Waals surface area contributed by atoms with Crippen molar-refractivity contribution in [1.29, 1.82) is 0 Å². The monoisotopic (exact) mass is 372 g/mol. The molecule has 2 aromatic carbocycles. The Bertz CT molecular complexity index is 638. The van der Waals surface area contributed by atoms with E-state index in [1.54, 1.807) is 13.0 Å². The molecule has 0 radical (unpaired) electrons. The van der Waals surface area contributed by atoms with Gasteiger partial charge in [-0.25, -0.2) is 8.78 Å². The minimum Gasteiger partial charge on any atom is -0.294 e. The van der Waals surface area contributed by atoms with Crippen molar-refractivity contribution in [1.82, 2.24) is 0 Å². The molecule has 0 amide bonds. The van der Waals surface area contributed by atoms with Gasteiger partial charge in [-0.1, -0.05) is 6.07 Å². The maximum atomic E-state index is 13.0. The highest BCUT2D eigenvalue weighted by Crippen LogP contribution is 2.18. The van der Waals surface area contributed by atoms with Crippen molar-refractivity contribution in [3.63, 3.8) is 0 Å². The molecule has 0 atom stereocenters. The van der Waals surface area contributed by atoms with Crippen molar-refractivity contribution in [2.24, 2.45) is 0 Å². The molecule has 0 aliphatic rings. The third kappa shape index (κ3) is 3.37. The molecule has 0 N–H and O–H groups in total. The van der Waals surface area contributed by atoms with Crippen molar-refractivity contribution in [2.75, 3.05) is 0 Å². The topological polar surface area (TPSA) is 17.1 Å². The van der Waals surface area contributed by atoms with Crippen LogP contribution in [0.4, 0.5) is 8.78 Å². The van der Waals surface area contributed by atoms with Gasteiger partial charge < -0.3 is 0 Å². The van der Waals surface area contributed by atoms with E-state index in [9.17, 15) is 13.6 Å². The summed E-state index contributed by atoms with van der Waals surface area (Å²) in [6.45, 7) is 1.77. The normalized spacial score (nSPS) is 10.5. The van der Waals surface area contributed by atoms with Crippen LogP contribution in [0.5, 0.6) is 0 Å². The van der Waals surface area contributed by atoms with Gasteiger partial charge >= 0.3 is 0 Å². The minimum atomic E-state index is -0.362. The van der Waals surface area contributed by atoms with Crippen LogP contribution >= 0.6 is 22.6 Å². The zero-order valence-corrected chi connectivity index (χ0v) is 12.4. The van der Waals surface area contributed by atoms with Crippen LogP contribution in [0.25, 0.3) is 0 Å². The second-order valence-corrected chi connectivity index (χ2v) is 5.46. The van der Waals surface area contributed by atoms with Crippen LogP contribution in [0.1, 0.15) is 21.5 Å². The van der Waals surface area contributed by atoms with Crippen LogP contribution < -0.4 is 0 Å². The molecule has 0 aromatic heterocycles. The van der Waals surface area contributed by atoms with Crippen molar-refractivity contribution >= 4 is 28.4 Å². The van der Waals surface area contributed by atoms with E-state index < -0.39 is 0 Å². The standard InChI is InChI=1S/C15H11F2IO/c1-9-6-11(16)3-2-10(9)7-15(19)13-5-4-12(17)8-14(13)18/h2-6,8H,7H2,1H3. The zero-order chi connectivity index (χ0) is 14.0. The molecule has 0 fully saturated rings. The summed E-state index contributed by atoms with van der Waals surface area (Å²) in [5.41, 5.74) is 2.02. The van der Waals surface area contributed by atoms with Crippen molar-refractivity contribution in [2.45, 2.75) is 13.3 Å². The number of carbonyl (C=O) groups excluding carboxylic acids is 1. The summed E-state index contributed by atoms with van der Waals surface area (Å²) in [5.74, 6) is -0.775. The Balaban J connectivity index is 2.25. The van der Waals surface area contributed by atoms with E-state index in [-0.39, 0.29) is 23.8 Å². The van der Waals surface area contributed by atoms with Gasteiger partial charge in [0.1, 0.15) is 11.6 Å². The fraction of sp³-hybridized carbons (Fsp3) is 0.133. The van der Waals surface area contributed by atoms with Crippen LogP contribution in [-0.4, -0.2) is 5.78 Å². The maximum Gasteiger partial charge on any atom is 0.168 e. The lowest BCUT2D eigenvalue weighted by Crippen LogP contribution is -2.07. The molecule has 1 nitrogen and oxygen atoms in total. The molecule has 98 valence electrons. The van der Waals surface area contributed by atoms with E-state index in [1.165, 1.54) is 30.3 Å². The highest BCUT2D eigenvalue weighted by Gasteiger charge is 2.13. The smallest absolute Gasteiger partial charge is 0.168 e. The SMILES string of the molecule is Cc1cc(F)ccc1CC(=O)c1ccc(F)cc1I. The number of hydrogen-bond donors (Lipinski definition) is 0. The average Bonchev–Trinajstić information content (AvgIpc) is 2.32. The van der Waals surface area contributed by atoms with Gasteiger partial charge in [-0.3, -0.25) is 4.79 Å². The maximum absolute atomic E-state index is 13.0. The van der Waals surface area contributed by atoms with E-state index in [0.29, 0.717) is 9.13 Å². The molecule has 0 unspecified atom stereocenters. The molecule has 0 bridgehead atoms. The van der Waals surface area contributed by atoms with Crippen LogP contribution in [-0.2, 0) is 6.42 Å². The van der Waals surface area contributed by atoms with E-state index in [0.717, 1.165) is 11.1 Å². The molecule has 19 heavy (non-hydrogen) atoms. The first-order chi connectivity index (χ1) is 8.97. The van der Waals surface area contributed by atoms with Gasteiger partial charge in [-0.15, -0.1) is 0 Å². The number of rotatable bonds is 3. The van der Waals surface area contributed by atoms with Crippen molar-refractivity contribution < 1.29 is 13.6 Å².